The van der Waals surface area contributed by atoms with Gasteiger partial charge in [0.05, 0.1) is 0 Å². The summed E-state index contributed by atoms with van der Waals surface area (Å²) in [5, 5.41) is 0. The van der Waals surface area contributed by atoms with Gasteiger partial charge in [0.1, 0.15) is 0 Å². The second-order valence-corrected chi connectivity index (χ2v) is 6.66. The first kappa shape index (κ1) is 20.4. The maximum atomic E-state index is 11.4. The van der Waals surface area contributed by atoms with Crippen molar-refractivity contribution in [2.45, 2.75) is 84.0 Å². The van der Waals surface area contributed by atoms with Crippen LogP contribution in [0.3, 0.4) is 0 Å². The minimum absolute atomic E-state index is 0.0708. The molecule has 3 nitrogen and oxygen atoms in total. The lowest BCUT2D eigenvalue weighted by molar-refractivity contribution is -0.122. The molecule has 126 valence electrons. The first-order valence-electron chi connectivity index (χ1n) is 9.02. The van der Waals surface area contributed by atoms with Gasteiger partial charge in [-0.2, -0.15) is 0 Å². The fourth-order valence-electron chi connectivity index (χ4n) is 2.72. The normalized spacial score (nSPS) is 12.8. The van der Waals surface area contributed by atoms with Crippen LogP contribution in [0.5, 0.6) is 0 Å². The van der Waals surface area contributed by atoms with E-state index in [4.69, 9.17) is 5.73 Å². The molecule has 0 spiro atoms. The van der Waals surface area contributed by atoms with Gasteiger partial charge < -0.3 is 10.6 Å². The topological polar surface area (TPSA) is 46.3 Å². The fourth-order valence-corrected chi connectivity index (χ4v) is 2.72. The molecule has 1 amide bonds. The Morgan fingerprint density at radius 2 is 1.33 bits per heavy atom. The van der Waals surface area contributed by atoms with Gasteiger partial charge in [-0.3, -0.25) is 4.79 Å². The Kier molecular flexibility index (Phi) is 14.0. The van der Waals surface area contributed by atoms with Crippen molar-refractivity contribution in [1.82, 2.24) is 4.90 Å². The van der Waals surface area contributed by atoms with Crippen molar-refractivity contribution in [3.63, 3.8) is 0 Å². The Hall–Kier alpha value is -0.570. The second-order valence-electron chi connectivity index (χ2n) is 6.66. The van der Waals surface area contributed by atoms with Crippen LogP contribution < -0.4 is 5.73 Å². The van der Waals surface area contributed by atoms with E-state index in [9.17, 15) is 4.79 Å². The highest BCUT2D eigenvalue weighted by molar-refractivity contribution is 5.76. The lowest BCUT2D eigenvalue weighted by Crippen LogP contribution is -2.27. The van der Waals surface area contributed by atoms with E-state index in [1.54, 1.807) is 0 Å². The quantitative estimate of drug-likeness (QED) is 0.457. The number of unbranched alkanes of at least 4 members (excludes halogenated alkanes) is 9. The maximum Gasteiger partial charge on any atom is 0.220 e. The molecule has 2 N–H and O–H groups in total. The summed E-state index contributed by atoms with van der Waals surface area (Å²) in [6, 6.07) is 0. The largest absolute Gasteiger partial charge is 0.369 e. The van der Waals surface area contributed by atoms with Gasteiger partial charge in [-0.1, -0.05) is 71.1 Å². The van der Waals surface area contributed by atoms with E-state index in [1.807, 2.05) is 14.1 Å². The van der Waals surface area contributed by atoms with Crippen LogP contribution in [0.2, 0.25) is 0 Å². The summed E-state index contributed by atoms with van der Waals surface area (Å²) in [5.74, 6) is -0.0470. The van der Waals surface area contributed by atoms with E-state index in [0.29, 0.717) is 0 Å². The zero-order valence-corrected chi connectivity index (χ0v) is 14.7. The molecule has 0 aromatic carbocycles. The molecular formula is C18H38N2O. The predicted octanol–water partition coefficient (Wildman–Crippen LogP) is 4.35. The van der Waals surface area contributed by atoms with E-state index in [1.165, 1.54) is 57.8 Å². The minimum Gasteiger partial charge on any atom is -0.369 e. The van der Waals surface area contributed by atoms with E-state index >= 15 is 0 Å². The number of hydrogen-bond acceptors (Lipinski definition) is 2. The number of carbonyl (C=O) groups is 1. The Morgan fingerprint density at radius 1 is 0.857 bits per heavy atom. The zero-order valence-electron chi connectivity index (χ0n) is 14.7. The molecule has 0 heterocycles. The van der Waals surface area contributed by atoms with Crippen LogP contribution in [0.25, 0.3) is 0 Å². The summed E-state index contributed by atoms with van der Waals surface area (Å²) in [6.45, 7) is 3.21. The van der Waals surface area contributed by atoms with E-state index in [2.05, 4.69) is 11.8 Å². The molecule has 1 unspecified atom stereocenters. The summed E-state index contributed by atoms with van der Waals surface area (Å²) in [6.07, 6.45) is 15.2. The summed E-state index contributed by atoms with van der Waals surface area (Å²) >= 11 is 0. The molecule has 0 aromatic heterocycles. The third-order valence-corrected chi connectivity index (χ3v) is 4.23. The number of amides is 1. The van der Waals surface area contributed by atoms with Crippen molar-refractivity contribution in [2.75, 3.05) is 20.6 Å². The molecule has 0 aliphatic carbocycles. The standard InChI is InChI=1S/C18H38N2O/c1-4-5-6-7-8-9-10-11-12-13-14-17(18(19)21)15-16-20(2)3/h17H,4-16H2,1-3H3,(H2,19,21). The smallest absolute Gasteiger partial charge is 0.220 e. The van der Waals surface area contributed by atoms with Crippen LogP contribution in [0.15, 0.2) is 0 Å². The van der Waals surface area contributed by atoms with Gasteiger partial charge in [0.15, 0.2) is 0 Å². The van der Waals surface area contributed by atoms with E-state index < -0.39 is 0 Å². The summed E-state index contributed by atoms with van der Waals surface area (Å²) < 4.78 is 0. The molecule has 0 radical (unpaired) electrons. The SMILES string of the molecule is CCCCCCCCCCCCC(CCN(C)C)C(N)=O. The Balaban J connectivity index is 3.43. The highest BCUT2D eigenvalue weighted by Crippen LogP contribution is 2.16. The number of rotatable bonds is 15. The minimum atomic E-state index is -0.118. The Labute approximate surface area is 132 Å². The molecule has 0 rings (SSSR count). The van der Waals surface area contributed by atoms with Gasteiger partial charge >= 0.3 is 0 Å². The summed E-state index contributed by atoms with van der Waals surface area (Å²) in [5.41, 5.74) is 5.49. The molecule has 21 heavy (non-hydrogen) atoms. The first-order chi connectivity index (χ1) is 10.1. The van der Waals surface area contributed by atoms with Crippen molar-refractivity contribution in [3.05, 3.63) is 0 Å². The Bertz CT molecular complexity index is 241. The van der Waals surface area contributed by atoms with Crippen LogP contribution in [-0.4, -0.2) is 31.4 Å². The molecule has 1 atom stereocenters. The molecule has 0 bridgehead atoms. The zero-order chi connectivity index (χ0) is 15.9. The van der Waals surface area contributed by atoms with Crippen molar-refractivity contribution in [1.29, 1.82) is 0 Å². The van der Waals surface area contributed by atoms with Gasteiger partial charge in [-0.25, -0.2) is 0 Å². The van der Waals surface area contributed by atoms with E-state index in [0.717, 1.165) is 25.8 Å². The van der Waals surface area contributed by atoms with Crippen molar-refractivity contribution in [2.24, 2.45) is 11.7 Å². The average Bonchev–Trinajstić information content (AvgIpc) is 2.43. The number of primary amides is 1. The van der Waals surface area contributed by atoms with Crippen LogP contribution in [0, 0.1) is 5.92 Å². The van der Waals surface area contributed by atoms with Crippen molar-refractivity contribution < 1.29 is 4.79 Å². The van der Waals surface area contributed by atoms with E-state index in [-0.39, 0.29) is 11.8 Å². The number of nitrogens with zero attached hydrogens (tertiary/aromatic N) is 1. The summed E-state index contributed by atoms with van der Waals surface area (Å²) in [7, 11) is 4.08. The maximum absolute atomic E-state index is 11.4. The van der Waals surface area contributed by atoms with Crippen molar-refractivity contribution in [3.8, 4) is 0 Å². The van der Waals surface area contributed by atoms with Gasteiger partial charge in [0.25, 0.3) is 0 Å². The third kappa shape index (κ3) is 14.1. The molecule has 0 aromatic rings. The molecule has 0 aliphatic rings. The first-order valence-corrected chi connectivity index (χ1v) is 9.02. The van der Waals surface area contributed by atoms with Crippen LogP contribution in [-0.2, 0) is 4.79 Å². The Morgan fingerprint density at radius 3 is 1.76 bits per heavy atom. The van der Waals surface area contributed by atoms with Gasteiger partial charge in [0, 0.05) is 5.92 Å². The third-order valence-electron chi connectivity index (χ3n) is 4.23. The molecule has 0 aliphatic heterocycles. The molecule has 0 fully saturated rings. The molecular weight excluding hydrogens is 260 g/mol. The number of nitrogens with two attached hydrogens (primary N) is 1. The number of hydrogen-bond donors (Lipinski definition) is 1. The van der Waals surface area contributed by atoms with Crippen LogP contribution >= 0.6 is 0 Å². The fraction of sp³-hybridized carbons (Fsp3) is 0.944. The highest BCUT2D eigenvalue weighted by atomic mass is 16.1. The lowest BCUT2D eigenvalue weighted by atomic mass is 9.96. The van der Waals surface area contributed by atoms with Gasteiger partial charge in [-0.15, -0.1) is 0 Å². The average molecular weight is 299 g/mol. The highest BCUT2D eigenvalue weighted by Gasteiger charge is 2.14. The van der Waals surface area contributed by atoms with Gasteiger partial charge in [0.2, 0.25) is 5.91 Å². The number of carbonyl (C=O) groups excluding carboxylic acids is 1. The predicted molar refractivity (Wildman–Crippen MR) is 92.3 cm³/mol. The molecule has 0 saturated carbocycles. The van der Waals surface area contributed by atoms with Crippen LogP contribution in [0.1, 0.15) is 84.0 Å². The molecule has 0 saturated heterocycles. The lowest BCUT2D eigenvalue weighted by Gasteiger charge is -2.16. The monoisotopic (exact) mass is 298 g/mol. The summed E-state index contributed by atoms with van der Waals surface area (Å²) in [4.78, 5) is 13.5. The van der Waals surface area contributed by atoms with Crippen LogP contribution in [0.4, 0.5) is 0 Å². The molecule has 3 heteroatoms. The van der Waals surface area contributed by atoms with Gasteiger partial charge in [-0.05, 0) is 33.5 Å². The van der Waals surface area contributed by atoms with Crippen molar-refractivity contribution >= 4 is 5.91 Å². The second kappa shape index (κ2) is 14.4.